The Kier molecular flexibility index (Phi) is 10.5. The molecule has 0 fully saturated rings. The van der Waals surface area contributed by atoms with Gasteiger partial charge in [0.15, 0.2) is 5.75 Å². The lowest BCUT2D eigenvalue weighted by molar-refractivity contribution is -0.432. The summed E-state index contributed by atoms with van der Waals surface area (Å²) in [5, 5.41) is 69.5. The Morgan fingerprint density at radius 2 is 1.52 bits per heavy atom. The highest BCUT2D eigenvalue weighted by Gasteiger charge is 2.24. The van der Waals surface area contributed by atoms with E-state index in [1.165, 1.54) is 12.1 Å². The highest BCUT2D eigenvalue weighted by molar-refractivity contribution is 7.95. The lowest BCUT2D eigenvalue weighted by atomic mass is 10.0. The fourth-order valence-corrected chi connectivity index (χ4v) is 5.17. The van der Waals surface area contributed by atoms with Gasteiger partial charge in [0.25, 0.3) is 10.1 Å². The van der Waals surface area contributed by atoms with Gasteiger partial charge in [-0.15, -0.1) is 18.9 Å². The minimum absolute atomic E-state index is 0.131. The van der Waals surface area contributed by atoms with Crippen molar-refractivity contribution >= 4 is 73.7 Å². The summed E-state index contributed by atoms with van der Waals surface area (Å²) < 4.78 is 42.3. The SMILES string of the molecule is N#Cc1ccc(S(=O)(=O)O)c2cc(SOOO)c(N=Nc3ccc(N=Nc4ccc(SOOO)cc4)cc3C(=O)O)c(O)c12. The van der Waals surface area contributed by atoms with E-state index in [0.29, 0.717) is 10.6 Å². The third-order valence-corrected chi connectivity index (χ3v) is 7.60. The Morgan fingerprint density at radius 3 is 2.16 bits per heavy atom. The van der Waals surface area contributed by atoms with E-state index in [2.05, 4.69) is 39.2 Å². The molecule has 44 heavy (non-hydrogen) atoms. The molecule has 0 aliphatic carbocycles. The van der Waals surface area contributed by atoms with Crippen LogP contribution in [0, 0.1) is 11.3 Å². The fraction of sp³-hybridized carbons (Fsp3) is 0. The van der Waals surface area contributed by atoms with Crippen molar-refractivity contribution in [2.24, 2.45) is 20.5 Å². The summed E-state index contributed by atoms with van der Waals surface area (Å²) in [6.45, 7) is 0. The predicted molar refractivity (Wildman–Crippen MR) is 150 cm³/mol. The van der Waals surface area contributed by atoms with Crippen LogP contribution in [0.3, 0.4) is 0 Å². The van der Waals surface area contributed by atoms with Gasteiger partial charge >= 0.3 is 5.97 Å². The summed E-state index contributed by atoms with van der Waals surface area (Å²) in [5.41, 5.74) is -0.661. The molecular weight excluding hydrogens is 646 g/mol. The lowest BCUT2D eigenvalue weighted by Crippen LogP contribution is -2.00. The maximum atomic E-state index is 12.0. The first-order valence-electron chi connectivity index (χ1n) is 11.4. The van der Waals surface area contributed by atoms with E-state index >= 15 is 0 Å². The zero-order chi connectivity index (χ0) is 31.9. The van der Waals surface area contributed by atoms with E-state index in [4.69, 9.17) is 10.5 Å². The number of rotatable bonds is 12. The molecule has 0 aromatic heterocycles. The summed E-state index contributed by atoms with van der Waals surface area (Å²) in [4.78, 5) is 11.7. The third kappa shape index (κ3) is 7.51. The zero-order valence-electron chi connectivity index (χ0n) is 21.3. The fourth-order valence-electron chi connectivity index (χ4n) is 3.65. The predicted octanol–water partition coefficient (Wildman–Crippen LogP) is 7.05. The summed E-state index contributed by atoms with van der Waals surface area (Å²) in [6.07, 6.45) is 0. The van der Waals surface area contributed by atoms with Gasteiger partial charge in [-0.1, -0.05) is 10.1 Å². The van der Waals surface area contributed by atoms with Crippen LogP contribution in [-0.4, -0.2) is 39.7 Å². The zero-order valence-corrected chi connectivity index (χ0v) is 23.8. The Bertz CT molecular complexity index is 1930. The van der Waals surface area contributed by atoms with Crippen molar-refractivity contribution in [1.82, 2.24) is 0 Å². The number of carboxylic acids is 1. The highest BCUT2D eigenvalue weighted by atomic mass is 32.2. The van der Waals surface area contributed by atoms with E-state index in [1.54, 1.807) is 30.3 Å². The first-order valence-corrected chi connectivity index (χ1v) is 14.3. The van der Waals surface area contributed by atoms with E-state index in [1.807, 2.05) is 0 Å². The van der Waals surface area contributed by atoms with Gasteiger partial charge in [0, 0.05) is 15.7 Å². The molecule has 5 N–H and O–H groups in total. The molecule has 0 saturated carbocycles. The molecule has 4 rings (SSSR count). The van der Waals surface area contributed by atoms with Crippen molar-refractivity contribution in [3.8, 4) is 11.8 Å². The molecule has 0 heterocycles. The average molecular weight is 662 g/mol. The topological polar surface area (TPSA) is 263 Å². The number of fused-ring (bicyclic) bond motifs is 1. The van der Waals surface area contributed by atoms with Crippen LogP contribution in [0.15, 0.2) is 95.8 Å². The van der Waals surface area contributed by atoms with Gasteiger partial charge in [-0.3, -0.25) is 4.55 Å². The first-order chi connectivity index (χ1) is 21.1. The molecule has 0 atom stereocenters. The number of phenolic OH excluding ortho intramolecular Hbond substituents is 1. The summed E-state index contributed by atoms with van der Waals surface area (Å²) in [7, 11) is -4.83. The molecule has 0 spiro atoms. The molecule has 4 aromatic carbocycles. The van der Waals surface area contributed by atoms with Crippen LogP contribution in [0.2, 0.25) is 0 Å². The smallest absolute Gasteiger partial charge is 0.338 e. The number of hydrogen-bond donors (Lipinski definition) is 5. The van der Waals surface area contributed by atoms with Crippen LogP contribution in [-0.2, 0) is 28.9 Å². The molecule has 0 amide bonds. The number of azo groups is 2. The molecule has 0 radical (unpaired) electrons. The number of nitrogens with zero attached hydrogens (tertiary/aromatic N) is 5. The first kappa shape index (κ1) is 32.4. The van der Waals surface area contributed by atoms with E-state index in [9.17, 15) is 33.2 Å². The number of hydrogen-bond acceptors (Lipinski definition) is 17. The maximum absolute atomic E-state index is 12.0. The lowest BCUT2D eigenvalue weighted by Gasteiger charge is -2.12. The quantitative estimate of drug-likeness (QED) is 0.0335. The van der Waals surface area contributed by atoms with Gasteiger partial charge in [0.1, 0.15) is 16.3 Å². The minimum atomic E-state index is -4.83. The van der Waals surface area contributed by atoms with Gasteiger partial charge in [0.2, 0.25) is 0 Å². The minimum Gasteiger partial charge on any atom is -0.505 e. The van der Waals surface area contributed by atoms with Gasteiger partial charge in [-0.25, -0.2) is 15.3 Å². The second-order valence-electron chi connectivity index (χ2n) is 8.04. The molecule has 0 unspecified atom stereocenters. The molecular formula is C24H15N5O12S3. The third-order valence-electron chi connectivity index (χ3n) is 5.47. The normalized spacial score (nSPS) is 11.9. The summed E-state index contributed by atoms with van der Waals surface area (Å²) in [5.74, 6) is -2.19. The molecule has 20 heteroatoms. The van der Waals surface area contributed by atoms with Crippen molar-refractivity contribution in [1.29, 1.82) is 5.26 Å². The Hall–Kier alpha value is -4.53. The number of phenols is 1. The van der Waals surface area contributed by atoms with Crippen molar-refractivity contribution in [2.45, 2.75) is 14.7 Å². The Labute approximate surface area is 254 Å². The van der Waals surface area contributed by atoms with Crippen LogP contribution in [0.25, 0.3) is 10.8 Å². The van der Waals surface area contributed by atoms with Crippen LogP contribution in [0.4, 0.5) is 22.7 Å². The van der Waals surface area contributed by atoms with Gasteiger partial charge in [0.05, 0.1) is 57.6 Å². The maximum Gasteiger partial charge on any atom is 0.338 e. The molecule has 0 saturated heterocycles. The molecule has 0 aliphatic heterocycles. The summed E-state index contributed by atoms with van der Waals surface area (Å²) in [6, 6.07) is 15.0. The van der Waals surface area contributed by atoms with Crippen LogP contribution in [0.1, 0.15) is 15.9 Å². The number of nitriles is 1. The van der Waals surface area contributed by atoms with Gasteiger partial charge in [-0.2, -0.15) is 23.9 Å². The highest BCUT2D eigenvalue weighted by Crippen LogP contribution is 2.46. The van der Waals surface area contributed by atoms with Crippen molar-refractivity contribution < 1.29 is 57.2 Å². The molecule has 17 nitrogen and oxygen atoms in total. The van der Waals surface area contributed by atoms with Gasteiger partial charge < -0.3 is 10.2 Å². The number of benzene rings is 4. The Morgan fingerprint density at radius 1 is 0.864 bits per heavy atom. The molecule has 4 aromatic rings. The van der Waals surface area contributed by atoms with Crippen molar-refractivity contribution in [3.63, 3.8) is 0 Å². The largest absolute Gasteiger partial charge is 0.505 e. The monoisotopic (exact) mass is 661 g/mol. The Balaban J connectivity index is 1.75. The van der Waals surface area contributed by atoms with E-state index < -0.39 is 32.4 Å². The van der Waals surface area contributed by atoms with Crippen molar-refractivity contribution in [2.75, 3.05) is 0 Å². The van der Waals surface area contributed by atoms with Gasteiger partial charge in [-0.05, 0) is 60.7 Å². The van der Waals surface area contributed by atoms with Crippen LogP contribution >= 0.6 is 24.1 Å². The molecule has 0 aliphatic rings. The summed E-state index contributed by atoms with van der Waals surface area (Å²) >= 11 is 0.995. The number of carboxylic acid groups (broad SMARTS) is 1. The van der Waals surface area contributed by atoms with E-state index in [-0.39, 0.29) is 50.2 Å². The average Bonchev–Trinajstić information content (AvgIpc) is 3.00. The van der Waals surface area contributed by atoms with Crippen LogP contribution in [0.5, 0.6) is 5.75 Å². The van der Waals surface area contributed by atoms with Crippen molar-refractivity contribution in [3.05, 3.63) is 71.8 Å². The standard InChI is InChI=1S/C24H15N5O12S3/c25-11-12-1-8-20(44(35,36)37)17-10-19(43-41-39-34)22(23(30)21(12)17)29-28-18-7-4-14(9-16(18)24(31)32)27-26-13-2-5-15(6-3-13)42-40-38-33/h1-10,30,33-34H,(H,31,32)(H,35,36,37). The second-order valence-corrected chi connectivity index (χ2v) is 11.0. The number of aromatic hydroxyl groups is 1. The van der Waals surface area contributed by atoms with E-state index in [0.717, 1.165) is 36.3 Å². The molecule has 0 bridgehead atoms. The van der Waals surface area contributed by atoms with Crippen LogP contribution < -0.4 is 0 Å². The number of aromatic carboxylic acids is 1. The molecule has 226 valence electrons. The second kappa shape index (κ2) is 14.3. The number of carbonyl (C=O) groups is 1.